The molecular formula is C22H31Cl2N3O3. The van der Waals surface area contributed by atoms with Gasteiger partial charge in [-0.3, -0.25) is 9.59 Å². The molecule has 2 aliphatic heterocycles. The molecule has 0 saturated carbocycles. The lowest BCUT2D eigenvalue weighted by Gasteiger charge is -2.46. The van der Waals surface area contributed by atoms with E-state index in [1.807, 2.05) is 43.0 Å². The number of alkyl halides is 1. The Morgan fingerprint density at radius 2 is 1.73 bits per heavy atom. The van der Waals surface area contributed by atoms with Crippen molar-refractivity contribution in [3.63, 3.8) is 0 Å². The van der Waals surface area contributed by atoms with Crippen LogP contribution >= 0.6 is 23.2 Å². The molecule has 166 valence electrons. The summed E-state index contributed by atoms with van der Waals surface area (Å²) in [5, 5.41) is 7.05. The van der Waals surface area contributed by atoms with Crippen molar-refractivity contribution in [2.24, 2.45) is 5.92 Å². The molecule has 2 amide bonds. The second-order valence-corrected chi connectivity index (χ2v) is 9.26. The molecule has 2 N–H and O–H groups in total. The third-order valence-corrected chi connectivity index (χ3v) is 6.48. The minimum absolute atomic E-state index is 0.0131. The van der Waals surface area contributed by atoms with Gasteiger partial charge in [-0.05, 0) is 56.9 Å². The molecular weight excluding hydrogens is 425 g/mol. The van der Waals surface area contributed by atoms with E-state index in [4.69, 9.17) is 27.9 Å². The normalized spacial score (nSPS) is 27.5. The van der Waals surface area contributed by atoms with Crippen LogP contribution in [-0.2, 0) is 14.3 Å². The van der Waals surface area contributed by atoms with Gasteiger partial charge >= 0.3 is 0 Å². The van der Waals surface area contributed by atoms with Gasteiger partial charge in [0.1, 0.15) is 11.4 Å². The zero-order valence-electron chi connectivity index (χ0n) is 17.6. The van der Waals surface area contributed by atoms with Crippen molar-refractivity contribution in [1.29, 1.82) is 0 Å². The number of nitrogens with zero attached hydrogens (tertiary/aromatic N) is 1. The number of hydrogen-bond acceptors (Lipinski definition) is 4. The van der Waals surface area contributed by atoms with Crippen molar-refractivity contribution in [3.05, 3.63) is 29.3 Å². The first-order valence-electron chi connectivity index (χ1n) is 10.6. The maximum Gasteiger partial charge on any atom is 0.248 e. The van der Waals surface area contributed by atoms with Gasteiger partial charge in [-0.1, -0.05) is 11.6 Å². The molecule has 30 heavy (non-hydrogen) atoms. The Morgan fingerprint density at radius 3 is 2.30 bits per heavy atom. The third-order valence-electron chi connectivity index (χ3n) is 5.98. The highest BCUT2D eigenvalue weighted by Gasteiger charge is 2.47. The van der Waals surface area contributed by atoms with E-state index < -0.39 is 5.54 Å². The Balaban J connectivity index is 1.70. The van der Waals surface area contributed by atoms with E-state index >= 15 is 0 Å². The Morgan fingerprint density at radius 1 is 1.13 bits per heavy atom. The molecule has 3 rings (SSSR count). The Hall–Kier alpha value is -1.50. The molecule has 2 atom stereocenters. The number of amides is 2. The first-order chi connectivity index (χ1) is 14.3. The number of likely N-dealkylation sites (tertiary alicyclic amines) is 1. The average Bonchev–Trinajstić information content (AvgIpc) is 2.72. The molecule has 0 spiro atoms. The molecule has 2 heterocycles. The van der Waals surface area contributed by atoms with Gasteiger partial charge in [0.15, 0.2) is 0 Å². The molecule has 8 heteroatoms. The average molecular weight is 456 g/mol. The summed E-state index contributed by atoms with van der Waals surface area (Å²) in [6.07, 6.45) is 2.94. The first-order valence-corrected chi connectivity index (χ1v) is 11.5. The van der Waals surface area contributed by atoms with Crippen LogP contribution in [0.5, 0.6) is 0 Å². The van der Waals surface area contributed by atoms with Crippen LogP contribution in [0.15, 0.2) is 24.3 Å². The highest BCUT2D eigenvalue weighted by molar-refractivity contribution is 6.30. The Kier molecular flexibility index (Phi) is 7.88. The molecule has 0 radical (unpaired) electrons. The molecule has 1 aromatic rings. The quantitative estimate of drug-likeness (QED) is 0.641. The van der Waals surface area contributed by atoms with Crippen LogP contribution in [-0.4, -0.2) is 60.0 Å². The number of benzene rings is 1. The van der Waals surface area contributed by atoms with Gasteiger partial charge in [-0.2, -0.15) is 0 Å². The van der Waals surface area contributed by atoms with Gasteiger partial charge in [-0.15, -0.1) is 11.6 Å². The van der Waals surface area contributed by atoms with Gasteiger partial charge in [0.05, 0.1) is 12.2 Å². The van der Waals surface area contributed by atoms with Crippen molar-refractivity contribution >= 4 is 40.7 Å². The Bertz CT molecular complexity index is 726. The van der Waals surface area contributed by atoms with Gasteiger partial charge in [0.25, 0.3) is 0 Å². The van der Waals surface area contributed by atoms with Crippen molar-refractivity contribution in [3.8, 4) is 0 Å². The van der Waals surface area contributed by atoms with E-state index in [0.29, 0.717) is 43.4 Å². The van der Waals surface area contributed by atoms with Crippen molar-refractivity contribution < 1.29 is 14.3 Å². The predicted octanol–water partition coefficient (Wildman–Crippen LogP) is 3.67. The summed E-state index contributed by atoms with van der Waals surface area (Å²) >= 11 is 11.6. The van der Waals surface area contributed by atoms with Crippen LogP contribution < -0.4 is 10.6 Å². The highest BCUT2D eigenvalue weighted by atomic mass is 35.5. The van der Waals surface area contributed by atoms with Gasteiger partial charge < -0.3 is 20.3 Å². The number of carbonyl (C=O) groups is 2. The van der Waals surface area contributed by atoms with Crippen LogP contribution in [0.3, 0.4) is 0 Å². The lowest BCUT2D eigenvalue weighted by Crippen LogP contribution is -2.60. The van der Waals surface area contributed by atoms with E-state index in [0.717, 1.165) is 18.5 Å². The summed E-state index contributed by atoms with van der Waals surface area (Å²) in [6, 6.07) is 7.48. The summed E-state index contributed by atoms with van der Waals surface area (Å²) in [6.45, 7) is 6.03. The zero-order valence-corrected chi connectivity index (χ0v) is 19.1. The summed E-state index contributed by atoms with van der Waals surface area (Å²) < 4.78 is 5.93. The molecule has 0 aromatic heterocycles. The van der Waals surface area contributed by atoms with E-state index in [1.54, 1.807) is 0 Å². The summed E-state index contributed by atoms with van der Waals surface area (Å²) in [7, 11) is 0. The lowest BCUT2D eigenvalue weighted by atomic mass is 9.81. The molecule has 2 saturated heterocycles. The molecule has 0 bridgehead atoms. The van der Waals surface area contributed by atoms with Crippen LogP contribution in [0.25, 0.3) is 0 Å². The largest absolute Gasteiger partial charge is 0.375 e. The van der Waals surface area contributed by atoms with Gasteiger partial charge in [-0.25, -0.2) is 0 Å². The maximum atomic E-state index is 13.8. The summed E-state index contributed by atoms with van der Waals surface area (Å²) in [4.78, 5) is 27.1. The fourth-order valence-corrected chi connectivity index (χ4v) is 4.87. The summed E-state index contributed by atoms with van der Waals surface area (Å²) in [5.74, 6) is 0.331. The van der Waals surface area contributed by atoms with Crippen molar-refractivity contribution in [1.82, 2.24) is 10.2 Å². The highest BCUT2D eigenvalue weighted by Crippen LogP contribution is 2.35. The van der Waals surface area contributed by atoms with Crippen molar-refractivity contribution in [2.45, 2.75) is 57.3 Å². The monoisotopic (exact) mass is 455 g/mol. The minimum atomic E-state index is -0.704. The van der Waals surface area contributed by atoms with Crippen LogP contribution in [0.1, 0.15) is 39.5 Å². The number of ether oxygens (including phenoxy) is 1. The number of halogens is 2. The number of anilines is 1. The van der Waals surface area contributed by atoms with Crippen molar-refractivity contribution in [2.75, 3.05) is 30.8 Å². The SMILES string of the molecule is CC1CC(Nc2ccc(Cl)cc2)(C(=O)N2CCC(CNC(=O)CCl)CC2)CC(C)O1. The smallest absolute Gasteiger partial charge is 0.248 e. The molecule has 0 aliphatic carbocycles. The fraction of sp³-hybridized carbons (Fsp3) is 0.636. The minimum Gasteiger partial charge on any atom is -0.375 e. The second-order valence-electron chi connectivity index (χ2n) is 8.55. The standard InChI is InChI=1S/C22H31Cl2N3O3/c1-15-11-22(12-16(2)30-15,26-19-5-3-18(24)4-6-19)21(29)27-9-7-17(8-10-27)14-25-20(28)13-23/h3-6,15-17,26H,7-14H2,1-2H3,(H,25,28). The maximum absolute atomic E-state index is 13.8. The van der Waals surface area contributed by atoms with Gasteiger partial charge in [0.2, 0.25) is 11.8 Å². The predicted molar refractivity (Wildman–Crippen MR) is 120 cm³/mol. The number of rotatable bonds is 6. The second kappa shape index (κ2) is 10.2. The molecule has 1 aromatic carbocycles. The topological polar surface area (TPSA) is 70.7 Å². The van der Waals surface area contributed by atoms with E-state index in [-0.39, 0.29) is 29.9 Å². The number of nitrogens with one attached hydrogen (secondary N) is 2. The fourth-order valence-electron chi connectivity index (χ4n) is 4.65. The van der Waals surface area contributed by atoms with Gasteiger partial charge in [0, 0.05) is 43.2 Å². The molecule has 2 fully saturated rings. The molecule has 6 nitrogen and oxygen atoms in total. The lowest BCUT2D eigenvalue weighted by molar-refractivity contribution is -0.146. The summed E-state index contributed by atoms with van der Waals surface area (Å²) in [5.41, 5.74) is 0.178. The number of carbonyl (C=O) groups excluding carboxylic acids is 2. The van der Waals surface area contributed by atoms with Crippen LogP contribution in [0.2, 0.25) is 5.02 Å². The first kappa shape index (κ1) is 23.2. The Labute approximate surface area is 188 Å². The van der Waals surface area contributed by atoms with Crippen LogP contribution in [0.4, 0.5) is 5.69 Å². The molecule has 2 unspecified atom stereocenters. The third kappa shape index (κ3) is 5.80. The van der Waals surface area contributed by atoms with E-state index in [2.05, 4.69) is 10.6 Å². The molecule has 2 aliphatic rings. The number of piperidine rings is 1. The van der Waals surface area contributed by atoms with E-state index in [9.17, 15) is 9.59 Å². The zero-order chi connectivity index (χ0) is 21.7. The number of hydrogen-bond donors (Lipinski definition) is 2. The van der Waals surface area contributed by atoms with E-state index in [1.165, 1.54) is 0 Å². The van der Waals surface area contributed by atoms with Crippen LogP contribution in [0, 0.1) is 5.92 Å².